The fraction of sp³-hybridized carbons (Fsp3) is 0.353. The van der Waals surface area contributed by atoms with Crippen LogP contribution in [0.4, 0.5) is 5.82 Å². The molecule has 0 saturated heterocycles. The Bertz CT molecular complexity index is 861. The number of hydrogen-bond donors (Lipinski definition) is 2. The first-order valence-electron chi connectivity index (χ1n) is 8.55. The Kier molecular flexibility index (Phi) is 4.59. The molecule has 0 atom stereocenters. The number of anilines is 1. The number of amides is 1. The molecule has 4 rings (SSSR count). The number of rotatable bonds is 5. The average Bonchev–Trinajstić information content (AvgIpc) is 3.33. The number of fused-ring (bicyclic) bond motifs is 1. The zero-order valence-electron chi connectivity index (χ0n) is 14.2. The van der Waals surface area contributed by atoms with E-state index in [9.17, 15) is 4.79 Å². The second kappa shape index (κ2) is 7.34. The molecule has 9 nitrogen and oxygen atoms in total. The Morgan fingerprint density at radius 2 is 2.23 bits per heavy atom. The first kappa shape index (κ1) is 16.2. The summed E-state index contributed by atoms with van der Waals surface area (Å²) in [5, 5.41) is 13.9. The van der Waals surface area contributed by atoms with Gasteiger partial charge in [0, 0.05) is 43.9 Å². The predicted molar refractivity (Wildman–Crippen MR) is 92.6 cm³/mol. The van der Waals surface area contributed by atoms with Crippen LogP contribution in [0, 0.1) is 0 Å². The van der Waals surface area contributed by atoms with Crippen LogP contribution in [0.3, 0.4) is 0 Å². The number of aromatic nitrogens is 5. The molecule has 0 bridgehead atoms. The molecule has 9 heteroatoms. The summed E-state index contributed by atoms with van der Waals surface area (Å²) in [7, 11) is 0. The number of nitrogens with zero attached hydrogens (tertiary/aromatic N) is 5. The number of nitrogens with one attached hydrogen (secondary N) is 2. The van der Waals surface area contributed by atoms with Crippen molar-refractivity contribution in [2.24, 2.45) is 0 Å². The number of H-pyrrole nitrogens is 1. The van der Waals surface area contributed by atoms with Crippen LogP contribution < -0.4 is 5.32 Å². The third-order valence-corrected chi connectivity index (χ3v) is 4.49. The van der Waals surface area contributed by atoms with Gasteiger partial charge < -0.3 is 14.7 Å². The normalized spacial score (nSPS) is 13.9. The van der Waals surface area contributed by atoms with Crippen LogP contribution in [0.5, 0.6) is 0 Å². The number of carbonyl (C=O) groups is 1. The molecule has 1 aliphatic heterocycles. The summed E-state index contributed by atoms with van der Waals surface area (Å²) in [5.74, 6) is 0.725. The zero-order valence-corrected chi connectivity index (χ0v) is 14.2. The van der Waals surface area contributed by atoms with Crippen LogP contribution in [-0.2, 0) is 19.3 Å². The topological polar surface area (TPSA) is 113 Å². The molecular formula is C17H19N7O2. The minimum Gasteiger partial charge on any atom is -0.369 e. The molecule has 0 aromatic carbocycles. The fourth-order valence-corrected chi connectivity index (χ4v) is 3.11. The summed E-state index contributed by atoms with van der Waals surface area (Å²) in [6, 6.07) is 1.59. The van der Waals surface area contributed by atoms with E-state index in [1.807, 2.05) is 12.4 Å². The third kappa shape index (κ3) is 3.41. The van der Waals surface area contributed by atoms with Crippen LogP contribution in [0.1, 0.15) is 27.3 Å². The molecule has 1 amide bonds. The van der Waals surface area contributed by atoms with E-state index in [4.69, 9.17) is 4.52 Å². The van der Waals surface area contributed by atoms with E-state index >= 15 is 0 Å². The summed E-state index contributed by atoms with van der Waals surface area (Å²) in [6.45, 7) is 1.96. The lowest BCUT2D eigenvalue weighted by molar-refractivity contribution is 0.0752. The van der Waals surface area contributed by atoms with Crippen molar-refractivity contribution in [1.29, 1.82) is 0 Å². The van der Waals surface area contributed by atoms with Crippen LogP contribution in [0.25, 0.3) is 0 Å². The number of aromatic amines is 1. The van der Waals surface area contributed by atoms with E-state index < -0.39 is 0 Å². The highest BCUT2D eigenvalue weighted by Crippen LogP contribution is 2.21. The first-order valence-corrected chi connectivity index (χ1v) is 8.55. The summed E-state index contributed by atoms with van der Waals surface area (Å²) < 4.78 is 4.78. The molecule has 3 aromatic heterocycles. The van der Waals surface area contributed by atoms with Gasteiger partial charge in [-0.2, -0.15) is 5.10 Å². The van der Waals surface area contributed by atoms with Gasteiger partial charge in [-0.05, 0) is 18.4 Å². The fourth-order valence-electron chi connectivity index (χ4n) is 3.11. The molecule has 0 aliphatic carbocycles. The van der Waals surface area contributed by atoms with E-state index in [-0.39, 0.29) is 5.91 Å². The van der Waals surface area contributed by atoms with E-state index in [1.165, 1.54) is 6.26 Å². The average molecular weight is 353 g/mol. The SMILES string of the molecule is O=C(c1ccon1)N1CCc2ncnc(NCCc3cn[nH]c3)c2CC1. The van der Waals surface area contributed by atoms with Gasteiger partial charge in [0.2, 0.25) is 0 Å². The highest BCUT2D eigenvalue weighted by Gasteiger charge is 2.23. The molecule has 0 fully saturated rings. The van der Waals surface area contributed by atoms with E-state index in [1.54, 1.807) is 17.3 Å². The second-order valence-corrected chi connectivity index (χ2v) is 6.11. The molecule has 1 aliphatic rings. The summed E-state index contributed by atoms with van der Waals surface area (Å²) in [6.07, 6.45) is 8.93. The lowest BCUT2D eigenvalue weighted by atomic mass is 10.1. The van der Waals surface area contributed by atoms with E-state index in [0.29, 0.717) is 31.6 Å². The summed E-state index contributed by atoms with van der Waals surface area (Å²) in [5.41, 5.74) is 3.54. The zero-order chi connectivity index (χ0) is 17.8. The molecular weight excluding hydrogens is 334 g/mol. The highest BCUT2D eigenvalue weighted by atomic mass is 16.5. The van der Waals surface area contributed by atoms with Gasteiger partial charge in [-0.25, -0.2) is 9.97 Å². The van der Waals surface area contributed by atoms with Gasteiger partial charge in [0.05, 0.1) is 11.9 Å². The standard InChI is InChI=1S/C17H19N7O2/c25-17(15-4-8-26-23-15)24-6-2-13-14(3-7-24)19-11-20-16(13)18-5-1-12-9-21-22-10-12/h4,8-11H,1-3,5-7H2,(H,21,22)(H,18,19,20). The number of carbonyl (C=O) groups excluding carboxylic acids is 1. The lowest BCUT2D eigenvalue weighted by Gasteiger charge is -2.18. The van der Waals surface area contributed by atoms with Crippen LogP contribution in [0.2, 0.25) is 0 Å². The van der Waals surface area contributed by atoms with Crippen molar-refractivity contribution < 1.29 is 9.32 Å². The van der Waals surface area contributed by atoms with Gasteiger partial charge in [-0.1, -0.05) is 5.16 Å². The lowest BCUT2D eigenvalue weighted by Crippen LogP contribution is -2.33. The van der Waals surface area contributed by atoms with Crippen molar-refractivity contribution in [2.75, 3.05) is 25.0 Å². The molecule has 134 valence electrons. The molecule has 26 heavy (non-hydrogen) atoms. The van der Waals surface area contributed by atoms with Crippen molar-refractivity contribution in [3.63, 3.8) is 0 Å². The van der Waals surface area contributed by atoms with E-state index in [0.717, 1.165) is 35.6 Å². The minimum absolute atomic E-state index is 0.117. The number of hydrogen-bond acceptors (Lipinski definition) is 7. The Morgan fingerprint density at radius 1 is 1.31 bits per heavy atom. The molecule has 0 radical (unpaired) electrons. The highest BCUT2D eigenvalue weighted by molar-refractivity contribution is 5.92. The Morgan fingerprint density at radius 3 is 3.04 bits per heavy atom. The smallest absolute Gasteiger partial charge is 0.276 e. The monoisotopic (exact) mass is 353 g/mol. The molecule has 0 spiro atoms. The molecule has 4 heterocycles. The van der Waals surface area contributed by atoms with Crippen LogP contribution in [-0.4, -0.2) is 55.8 Å². The van der Waals surface area contributed by atoms with Gasteiger partial charge in [0.15, 0.2) is 5.69 Å². The van der Waals surface area contributed by atoms with Gasteiger partial charge in [0.25, 0.3) is 5.91 Å². The van der Waals surface area contributed by atoms with Crippen molar-refractivity contribution in [2.45, 2.75) is 19.3 Å². The van der Waals surface area contributed by atoms with Gasteiger partial charge >= 0.3 is 0 Å². The van der Waals surface area contributed by atoms with Gasteiger partial charge in [0.1, 0.15) is 18.4 Å². The quantitative estimate of drug-likeness (QED) is 0.706. The molecule has 0 saturated carbocycles. The summed E-state index contributed by atoms with van der Waals surface area (Å²) >= 11 is 0. The maximum atomic E-state index is 12.5. The Labute approximate surface area is 149 Å². The van der Waals surface area contributed by atoms with Crippen LogP contribution >= 0.6 is 0 Å². The maximum absolute atomic E-state index is 12.5. The Hall–Kier alpha value is -3.23. The van der Waals surface area contributed by atoms with E-state index in [2.05, 4.69) is 30.6 Å². The van der Waals surface area contributed by atoms with Gasteiger partial charge in [-0.3, -0.25) is 9.89 Å². The Balaban J connectivity index is 1.43. The molecule has 3 aromatic rings. The second-order valence-electron chi connectivity index (χ2n) is 6.11. The van der Waals surface area contributed by atoms with Crippen molar-refractivity contribution in [3.05, 3.63) is 53.6 Å². The minimum atomic E-state index is -0.117. The van der Waals surface area contributed by atoms with Crippen molar-refractivity contribution in [1.82, 2.24) is 30.2 Å². The van der Waals surface area contributed by atoms with Crippen molar-refractivity contribution >= 4 is 11.7 Å². The van der Waals surface area contributed by atoms with Crippen LogP contribution in [0.15, 0.2) is 35.6 Å². The third-order valence-electron chi connectivity index (χ3n) is 4.49. The summed E-state index contributed by atoms with van der Waals surface area (Å²) in [4.78, 5) is 23.1. The van der Waals surface area contributed by atoms with Crippen molar-refractivity contribution in [3.8, 4) is 0 Å². The van der Waals surface area contributed by atoms with Gasteiger partial charge in [-0.15, -0.1) is 0 Å². The molecule has 0 unspecified atom stereocenters. The first-order chi connectivity index (χ1) is 12.8. The maximum Gasteiger partial charge on any atom is 0.276 e. The largest absolute Gasteiger partial charge is 0.369 e. The predicted octanol–water partition coefficient (Wildman–Crippen LogP) is 1.08. The molecule has 2 N–H and O–H groups in total.